The second-order valence-electron chi connectivity index (χ2n) is 11.1. The first-order chi connectivity index (χ1) is 22.1. The maximum Gasteiger partial charge on any atom is 0.160 e. The number of nitrogens with zero attached hydrogens (tertiary/aromatic N) is 4. The fraction of sp³-hybridized carbons (Fsp3) is 0.0732. The third-order valence-corrected chi connectivity index (χ3v) is 8.26. The quantitative estimate of drug-likeness (QED) is 0.192. The summed E-state index contributed by atoms with van der Waals surface area (Å²) in [6, 6.07) is 43.8. The molecular weight excluding hydrogens is 548 g/mol. The van der Waals surface area contributed by atoms with Crippen LogP contribution in [0.2, 0.25) is 0 Å². The SMILES string of the molecule is C/C=c1/cccc/c1=C(/C(C)=N/c1ncc2ccccc2c1C)c1cccc(-c2nc(-c3ccccc3)c3ccccc3n2)c1. The predicted octanol–water partition coefficient (Wildman–Crippen LogP) is 8.61. The molecule has 7 rings (SSSR count). The van der Waals surface area contributed by atoms with Crippen LogP contribution in [-0.2, 0) is 0 Å². The molecule has 2 aromatic heterocycles. The van der Waals surface area contributed by atoms with Gasteiger partial charge in [-0.1, -0.05) is 121 Å². The molecule has 0 radical (unpaired) electrons. The van der Waals surface area contributed by atoms with Crippen LogP contribution in [0.5, 0.6) is 0 Å². The Labute approximate surface area is 262 Å². The van der Waals surface area contributed by atoms with Crippen LogP contribution in [0.4, 0.5) is 5.82 Å². The second kappa shape index (κ2) is 12.1. The van der Waals surface area contributed by atoms with Crippen molar-refractivity contribution in [2.45, 2.75) is 20.8 Å². The third kappa shape index (κ3) is 5.43. The van der Waals surface area contributed by atoms with Crippen LogP contribution in [-0.4, -0.2) is 20.7 Å². The molecule has 5 aromatic carbocycles. The highest BCUT2D eigenvalue weighted by Gasteiger charge is 2.15. The lowest BCUT2D eigenvalue weighted by molar-refractivity contribution is 1.23. The lowest BCUT2D eigenvalue weighted by atomic mass is 9.95. The zero-order valence-corrected chi connectivity index (χ0v) is 25.6. The van der Waals surface area contributed by atoms with Gasteiger partial charge in [-0.15, -0.1) is 0 Å². The van der Waals surface area contributed by atoms with Crippen molar-refractivity contribution in [1.29, 1.82) is 0 Å². The van der Waals surface area contributed by atoms with Crippen LogP contribution in [0.1, 0.15) is 25.0 Å². The molecule has 2 heterocycles. The summed E-state index contributed by atoms with van der Waals surface area (Å²) in [6.45, 7) is 6.24. The average Bonchev–Trinajstić information content (AvgIpc) is 3.10. The normalized spacial score (nSPS) is 13.0. The predicted molar refractivity (Wildman–Crippen MR) is 188 cm³/mol. The summed E-state index contributed by atoms with van der Waals surface area (Å²) < 4.78 is 0. The van der Waals surface area contributed by atoms with E-state index in [1.807, 2.05) is 42.6 Å². The summed E-state index contributed by atoms with van der Waals surface area (Å²) in [5, 5.41) is 5.56. The van der Waals surface area contributed by atoms with E-state index in [2.05, 4.69) is 118 Å². The molecule has 0 atom stereocenters. The van der Waals surface area contributed by atoms with E-state index in [-0.39, 0.29) is 0 Å². The van der Waals surface area contributed by atoms with Crippen molar-refractivity contribution in [3.05, 3.63) is 155 Å². The largest absolute Gasteiger partial charge is 0.236 e. The molecule has 0 N–H and O–H groups in total. The zero-order valence-electron chi connectivity index (χ0n) is 25.6. The van der Waals surface area contributed by atoms with Crippen LogP contribution in [0.15, 0.2) is 139 Å². The summed E-state index contributed by atoms with van der Waals surface area (Å²) in [5.41, 5.74) is 7.88. The molecule has 4 nitrogen and oxygen atoms in total. The van der Waals surface area contributed by atoms with E-state index in [4.69, 9.17) is 19.9 Å². The minimum Gasteiger partial charge on any atom is -0.236 e. The van der Waals surface area contributed by atoms with Crippen LogP contribution in [0, 0.1) is 6.92 Å². The van der Waals surface area contributed by atoms with Crippen LogP contribution in [0.3, 0.4) is 0 Å². The second-order valence-corrected chi connectivity index (χ2v) is 11.1. The lowest BCUT2D eigenvalue weighted by Gasteiger charge is -2.13. The van der Waals surface area contributed by atoms with E-state index in [9.17, 15) is 0 Å². The van der Waals surface area contributed by atoms with Crippen molar-refractivity contribution < 1.29 is 0 Å². The molecule has 216 valence electrons. The molecule has 0 amide bonds. The van der Waals surface area contributed by atoms with Crippen molar-refractivity contribution in [2.24, 2.45) is 4.99 Å². The fourth-order valence-electron chi connectivity index (χ4n) is 6.00. The number of rotatable bonds is 5. The van der Waals surface area contributed by atoms with Gasteiger partial charge in [0.1, 0.15) is 0 Å². The Morgan fingerprint density at radius 1 is 0.689 bits per heavy atom. The van der Waals surface area contributed by atoms with Gasteiger partial charge in [-0.2, -0.15) is 0 Å². The summed E-state index contributed by atoms with van der Waals surface area (Å²) in [7, 11) is 0. The standard InChI is InChI=1S/C41H32N4/c1-4-29-15-8-11-22-35(29)38(28(3)43-40-27(2)34-21-10-9-18-33(34)26-42-40)31-19-14-20-32(25-31)41-44-37-24-13-12-23-36(37)39(45-41)30-16-6-5-7-17-30/h4-26H,1-3H3/b29-4-,38-35+,43-28+. The first kappa shape index (κ1) is 28.1. The highest BCUT2D eigenvalue weighted by atomic mass is 14.9. The van der Waals surface area contributed by atoms with Gasteiger partial charge in [0.25, 0.3) is 0 Å². The number of aliphatic imine (C=N–C) groups is 1. The molecule has 0 saturated heterocycles. The molecule has 0 fully saturated rings. The maximum absolute atomic E-state index is 5.16. The van der Waals surface area contributed by atoms with Gasteiger partial charge in [-0.3, -0.25) is 0 Å². The van der Waals surface area contributed by atoms with E-state index in [0.29, 0.717) is 5.82 Å². The Morgan fingerprint density at radius 3 is 2.24 bits per heavy atom. The molecule has 0 aliphatic heterocycles. The number of aryl methyl sites for hydroxylation is 1. The maximum atomic E-state index is 5.16. The van der Waals surface area contributed by atoms with Crippen molar-refractivity contribution in [2.75, 3.05) is 0 Å². The number of pyridine rings is 1. The topological polar surface area (TPSA) is 51.0 Å². The number of hydrogen-bond donors (Lipinski definition) is 0. The molecule has 0 saturated carbocycles. The molecule has 7 aromatic rings. The minimum atomic E-state index is 0.686. The van der Waals surface area contributed by atoms with Gasteiger partial charge in [0.15, 0.2) is 11.6 Å². The van der Waals surface area contributed by atoms with Crippen LogP contribution >= 0.6 is 0 Å². The van der Waals surface area contributed by atoms with Gasteiger partial charge in [-0.25, -0.2) is 19.9 Å². The van der Waals surface area contributed by atoms with E-state index in [1.165, 1.54) is 0 Å². The van der Waals surface area contributed by atoms with Gasteiger partial charge in [0.05, 0.1) is 11.2 Å². The fourth-order valence-corrected chi connectivity index (χ4v) is 6.00. The van der Waals surface area contributed by atoms with Gasteiger partial charge in [0.2, 0.25) is 0 Å². The van der Waals surface area contributed by atoms with Crippen LogP contribution < -0.4 is 10.4 Å². The molecule has 4 heteroatoms. The van der Waals surface area contributed by atoms with Gasteiger partial charge in [-0.05, 0) is 54.3 Å². The molecule has 0 aliphatic carbocycles. The first-order valence-corrected chi connectivity index (χ1v) is 15.2. The lowest BCUT2D eigenvalue weighted by Crippen LogP contribution is -2.28. The van der Waals surface area contributed by atoms with Crippen molar-refractivity contribution in [3.8, 4) is 22.6 Å². The number of aromatic nitrogens is 3. The molecule has 0 aliphatic rings. The Balaban J connectivity index is 1.44. The molecule has 0 unspecified atom stereocenters. The summed E-state index contributed by atoms with van der Waals surface area (Å²) in [6.07, 6.45) is 4.05. The average molecular weight is 581 g/mol. The molecule has 45 heavy (non-hydrogen) atoms. The number of para-hydroxylation sites is 1. The molecule has 0 spiro atoms. The van der Waals surface area contributed by atoms with Crippen molar-refractivity contribution >= 4 is 44.9 Å². The van der Waals surface area contributed by atoms with Gasteiger partial charge in [0, 0.05) is 44.9 Å². The number of benzene rings is 5. The van der Waals surface area contributed by atoms with Crippen molar-refractivity contribution in [3.63, 3.8) is 0 Å². The Bertz CT molecular complexity index is 2350. The monoisotopic (exact) mass is 580 g/mol. The first-order valence-electron chi connectivity index (χ1n) is 15.2. The number of hydrogen-bond acceptors (Lipinski definition) is 4. The molecule has 0 bridgehead atoms. The van der Waals surface area contributed by atoms with E-state index in [0.717, 1.165) is 77.2 Å². The van der Waals surface area contributed by atoms with Gasteiger partial charge < -0.3 is 0 Å². The van der Waals surface area contributed by atoms with E-state index in [1.54, 1.807) is 0 Å². The molecular formula is C41H32N4. The van der Waals surface area contributed by atoms with Crippen molar-refractivity contribution in [1.82, 2.24) is 15.0 Å². The Kier molecular flexibility index (Phi) is 7.54. The smallest absolute Gasteiger partial charge is 0.160 e. The summed E-state index contributed by atoms with van der Waals surface area (Å²) in [5.74, 6) is 1.41. The van der Waals surface area contributed by atoms with E-state index >= 15 is 0 Å². The van der Waals surface area contributed by atoms with Crippen LogP contribution in [0.25, 0.3) is 56.0 Å². The summed E-state index contributed by atoms with van der Waals surface area (Å²) >= 11 is 0. The minimum absolute atomic E-state index is 0.686. The zero-order chi connectivity index (χ0) is 30.8. The van der Waals surface area contributed by atoms with Gasteiger partial charge >= 0.3 is 0 Å². The Morgan fingerprint density at radius 2 is 1.40 bits per heavy atom. The highest BCUT2D eigenvalue weighted by molar-refractivity contribution is 6.23. The van der Waals surface area contributed by atoms with E-state index < -0.39 is 0 Å². The highest BCUT2D eigenvalue weighted by Crippen LogP contribution is 2.31. The number of fused-ring (bicyclic) bond motifs is 2. The summed E-state index contributed by atoms with van der Waals surface area (Å²) in [4.78, 5) is 20.1. The Hall–Kier alpha value is -5.74. The third-order valence-electron chi connectivity index (χ3n) is 8.26.